The van der Waals surface area contributed by atoms with Crippen molar-refractivity contribution in [2.24, 2.45) is 0 Å². The van der Waals surface area contributed by atoms with Crippen LogP contribution in [0, 0.1) is 5.82 Å². The number of hydrogen-bond donors (Lipinski definition) is 1. The monoisotopic (exact) mass is 394 g/mol. The lowest BCUT2D eigenvalue weighted by Crippen LogP contribution is -2.30. The van der Waals surface area contributed by atoms with E-state index in [1.807, 2.05) is 25.1 Å². The van der Waals surface area contributed by atoms with E-state index in [2.05, 4.69) is 5.32 Å². The fraction of sp³-hybridized carbons (Fsp3) is 0.217. The summed E-state index contributed by atoms with van der Waals surface area (Å²) < 4.78 is 18.5. The molecule has 3 aromatic rings. The van der Waals surface area contributed by atoms with Crippen LogP contribution in [-0.2, 0) is 17.8 Å². The first-order valence-electron chi connectivity index (χ1n) is 9.52. The Morgan fingerprint density at radius 1 is 1.03 bits per heavy atom. The second kappa shape index (κ2) is 9.68. The van der Waals surface area contributed by atoms with Crippen molar-refractivity contribution in [1.29, 1.82) is 0 Å². The first-order chi connectivity index (χ1) is 14.1. The van der Waals surface area contributed by atoms with Gasteiger partial charge < -0.3 is 14.6 Å². The minimum atomic E-state index is -0.335. The summed E-state index contributed by atoms with van der Waals surface area (Å²) in [7, 11) is 0. The molecule has 6 heteroatoms. The summed E-state index contributed by atoms with van der Waals surface area (Å²) in [6.45, 7) is 2.87. The van der Waals surface area contributed by atoms with Crippen LogP contribution < -0.4 is 10.2 Å². The number of hydrogen-bond acceptors (Lipinski definition) is 3. The highest BCUT2D eigenvalue weighted by Gasteiger charge is 2.21. The Kier molecular flexibility index (Phi) is 6.79. The minimum Gasteiger partial charge on any atom is -0.459 e. The average Bonchev–Trinajstić information content (AvgIpc) is 3.26. The van der Waals surface area contributed by atoms with Crippen molar-refractivity contribution in [3.8, 4) is 0 Å². The fourth-order valence-corrected chi connectivity index (χ4v) is 2.93. The van der Waals surface area contributed by atoms with Gasteiger partial charge in [0.1, 0.15) is 5.82 Å². The number of nitrogens with one attached hydrogen (secondary N) is 1. The molecule has 5 nitrogen and oxygen atoms in total. The van der Waals surface area contributed by atoms with Crippen LogP contribution in [0.15, 0.2) is 71.3 Å². The Morgan fingerprint density at radius 2 is 1.83 bits per heavy atom. The smallest absolute Gasteiger partial charge is 0.294 e. The molecule has 0 bridgehead atoms. The van der Waals surface area contributed by atoms with Gasteiger partial charge in [-0.1, -0.05) is 31.2 Å². The van der Waals surface area contributed by atoms with Crippen molar-refractivity contribution in [2.75, 3.05) is 11.4 Å². The van der Waals surface area contributed by atoms with E-state index in [1.54, 1.807) is 35.2 Å². The molecule has 150 valence electrons. The fourth-order valence-electron chi connectivity index (χ4n) is 2.93. The molecule has 29 heavy (non-hydrogen) atoms. The Hall–Kier alpha value is -3.41. The summed E-state index contributed by atoms with van der Waals surface area (Å²) in [5.74, 6) is -0.505. The third-order valence-electron chi connectivity index (χ3n) is 4.39. The molecular weight excluding hydrogens is 371 g/mol. The highest BCUT2D eigenvalue weighted by molar-refractivity contribution is 6.04. The summed E-state index contributed by atoms with van der Waals surface area (Å²) in [5, 5.41) is 2.85. The van der Waals surface area contributed by atoms with Crippen LogP contribution in [0.2, 0.25) is 0 Å². The number of benzene rings is 2. The topological polar surface area (TPSA) is 62.6 Å². The molecule has 1 N–H and O–H groups in total. The molecule has 0 spiro atoms. The van der Waals surface area contributed by atoms with E-state index < -0.39 is 0 Å². The standard InChI is InChI=1S/C23H23FN2O3/c1-2-12-25-22(27)15-18-5-3-6-20(14-18)26(23(28)21-7-4-13-29-21)16-17-8-10-19(24)11-9-17/h3-11,13-14H,2,12,15-16H2,1H3,(H,25,27). The van der Waals surface area contributed by atoms with Gasteiger partial charge in [-0.15, -0.1) is 0 Å². The lowest BCUT2D eigenvalue weighted by molar-refractivity contribution is -0.120. The maximum atomic E-state index is 13.3. The number of nitrogens with zero attached hydrogens (tertiary/aromatic N) is 1. The molecule has 0 saturated carbocycles. The lowest BCUT2D eigenvalue weighted by atomic mass is 10.1. The number of halogens is 1. The highest BCUT2D eigenvalue weighted by Crippen LogP contribution is 2.22. The Labute approximate surface area is 169 Å². The van der Waals surface area contributed by atoms with Crippen molar-refractivity contribution in [3.63, 3.8) is 0 Å². The van der Waals surface area contributed by atoms with E-state index in [0.29, 0.717) is 12.2 Å². The van der Waals surface area contributed by atoms with Gasteiger partial charge in [-0.3, -0.25) is 9.59 Å². The average molecular weight is 394 g/mol. The van der Waals surface area contributed by atoms with E-state index in [1.165, 1.54) is 18.4 Å². The Morgan fingerprint density at radius 3 is 2.52 bits per heavy atom. The van der Waals surface area contributed by atoms with Crippen molar-refractivity contribution in [3.05, 3.63) is 89.6 Å². The van der Waals surface area contributed by atoms with Crippen LogP contribution in [0.4, 0.5) is 10.1 Å². The third-order valence-corrected chi connectivity index (χ3v) is 4.39. The number of amides is 2. The number of anilines is 1. The van der Waals surface area contributed by atoms with E-state index >= 15 is 0 Å². The number of furan rings is 1. The Balaban J connectivity index is 1.87. The molecule has 0 aliphatic carbocycles. The zero-order valence-electron chi connectivity index (χ0n) is 16.2. The largest absolute Gasteiger partial charge is 0.459 e. The van der Waals surface area contributed by atoms with Crippen molar-refractivity contribution >= 4 is 17.5 Å². The van der Waals surface area contributed by atoms with Crippen LogP contribution in [-0.4, -0.2) is 18.4 Å². The highest BCUT2D eigenvalue weighted by atomic mass is 19.1. The summed E-state index contributed by atoms with van der Waals surface area (Å²) in [6.07, 6.45) is 2.54. The Bertz CT molecular complexity index is 953. The maximum Gasteiger partial charge on any atom is 0.294 e. The molecule has 0 aliphatic heterocycles. The quantitative estimate of drug-likeness (QED) is 0.618. The van der Waals surface area contributed by atoms with Crippen molar-refractivity contribution in [1.82, 2.24) is 5.32 Å². The van der Waals surface area contributed by atoms with Crippen LogP contribution in [0.1, 0.15) is 35.0 Å². The van der Waals surface area contributed by atoms with Gasteiger partial charge in [0.25, 0.3) is 5.91 Å². The number of carbonyl (C=O) groups excluding carboxylic acids is 2. The molecule has 1 aromatic heterocycles. The first-order valence-corrected chi connectivity index (χ1v) is 9.52. The summed E-state index contributed by atoms with van der Waals surface area (Å²) in [6, 6.07) is 16.5. The molecule has 0 fully saturated rings. The molecule has 0 radical (unpaired) electrons. The molecule has 0 aliphatic rings. The summed E-state index contributed by atoms with van der Waals surface area (Å²) in [5.41, 5.74) is 2.21. The van der Waals surface area contributed by atoms with Crippen molar-refractivity contribution in [2.45, 2.75) is 26.3 Å². The summed E-state index contributed by atoms with van der Waals surface area (Å²) in [4.78, 5) is 26.6. The molecule has 0 atom stereocenters. The van der Waals surface area contributed by atoms with E-state index in [0.717, 1.165) is 17.5 Å². The zero-order valence-corrected chi connectivity index (χ0v) is 16.2. The molecule has 2 aromatic carbocycles. The lowest BCUT2D eigenvalue weighted by Gasteiger charge is -2.23. The third kappa shape index (κ3) is 5.54. The molecule has 3 rings (SSSR count). The second-order valence-corrected chi connectivity index (χ2v) is 6.69. The number of rotatable bonds is 8. The van der Waals surface area contributed by atoms with Gasteiger partial charge in [0.05, 0.1) is 19.2 Å². The van der Waals surface area contributed by atoms with Crippen LogP contribution in [0.3, 0.4) is 0 Å². The van der Waals surface area contributed by atoms with Crippen LogP contribution in [0.5, 0.6) is 0 Å². The predicted octanol–water partition coefficient (Wildman–Crippen LogP) is 4.33. The SMILES string of the molecule is CCCNC(=O)Cc1cccc(N(Cc2ccc(F)cc2)C(=O)c2ccco2)c1. The van der Waals surface area contributed by atoms with Crippen molar-refractivity contribution < 1.29 is 18.4 Å². The summed E-state index contributed by atoms with van der Waals surface area (Å²) >= 11 is 0. The van der Waals surface area contributed by atoms with Gasteiger partial charge in [-0.05, 0) is 53.9 Å². The second-order valence-electron chi connectivity index (χ2n) is 6.69. The van der Waals surface area contributed by atoms with E-state index in [9.17, 15) is 14.0 Å². The molecule has 0 unspecified atom stereocenters. The predicted molar refractivity (Wildman–Crippen MR) is 109 cm³/mol. The van der Waals surface area contributed by atoms with Gasteiger partial charge in [-0.25, -0.2) is 4.39 Å². The van der Waals surface area contributed by atoms with E-state index in [4.69, 9.17) is 4.42 Å². The first kappa shape index (κ1) is 20.3. The van der Waals surface area contributed by atoms with Crippen LogP contribution >= 0.6 is 0 Å². The molecular formula is C23H23FN2O3. The normalized spacial score (nSPS) is 10.6. The zero-order chi connectivity index (χ0) is 20.6. The van der Waals surface area contributed by atoms with Gasteiger partial charge >= 0.3 is 0 Å². The minimum absolute atomic E-state index is 0.0635. The number of carbonyl (C=O) groups is 2. The van der Waals surface area contributed by atoms with Gasteiger partial charge in [0, 0.05) is 12.2 Å². The van der Waals surface area contributed by atoms with Gasteiger partial charge in [-0.2, -0.15) is 0 Å². The molecule has 1 heterocycles. The van der Waals surface area contributed by atoms with E-state index in [-0.39, 0.29) is 36.4 Å². The molecule has 0 saturated heterocycles. The van der Waals surface area contributed by atoms with Crippen LogP contribution in [0.25, 0.3) is 0 Å². The van der Waals surface area contributed by atoms with Gasteiger partial charge in [0.2, 0.25) is 5.91 Å². The van der Waals surface area contributed by atoms with Gasteiger partial charge in [0.15, 0.2) is 5.76 Å². The maximum absolute atomic E-state index is 13.3. The molecule has 2 amide bonds.